The Morgan fingerprint density at radius 1 is 0.925 bits per heavy atom. The van der Waals surface area contributed by atoms with Gasteiger partial charge in [0.05, 0.1) is 16.7 Å². The van der Waals surface area contributed by atoms with Crippen molar-refractivity contribution < 1.29 is 18.8 Å². The van der Waals surface area contributed by atoms with E-state index in [1.165, 1.54) is 22.3 Å². The fourth-order valence-electron chi connectivity index (χ4n) is 5.42. The van der Waals surface area contributed by atoms with Crippen molar-refractivity contribution in [1.82, 2.24) is 10.3 Å². The molecule has 1 fully saturated rings. The van der Waals surface area contributed by atoms with E-state index in [0.717, 1.165) is 21.9 Å². The van der Waals surface area contributed by atoms with Gasteiger partial charge in [0.2, 0.25) is 0 Å². The second-order valence-corrected chi connectivity index (χ2v) is 11.4. The first-order valence-electron chi connectivity index (χ1n) is 13.7. The van der Waals surface area contributed by atoms with E-state index in [1.807, 2.05) is 82.3 Å². The number of rotatable bonds is 6. The highest BCUT2D eigenvalue weighted by atomic mass is 16.7. The van der Waals surface area contributed by atoms with Gasteiger partial charge in [-0.25, -0.2) is 4.79 Å². The summed E-state index contributed by atoms with van der Waals surface area (Å²) in [5.74, 6) is 0.00229. The van der Waals surface area contributed by atoms with E-state index in [1.54, 1.807) is 6.20 Å². The van der Waals surface area contributed by atoms with Crippen molar-refractivity contribution in [2.24, 2.45) is 0 Å². The summed E-state index contributed by atoms with van der Waals surface area (Å²) in [7, 11) is -0.608. The lowest BCUT2D eigenvalue weighted by molar-refractivity contribution is 0.00578. The first-order valence-corrected chi connectivity index (χ1v) is 13.7. The number of pyridine rings is 1. The van der Waals surface area contributed by atoms with Gasteiger partial charge in [0.1, 0.15) is 6.61 Å². The number of benzene rings is 3. The molecule has 0 spiro atoms. The first-order chi connectivity index (χ1) is 19.2. The molecule has 1 aromatic heterocycles. The van der Waals surface area contributed by atoms with Crippen LogP contribution in [0.25, 0.3) is 28.1 Å². The van der Waals surface area contributed by atoms with E-state index in [-0.39, 0.29) is 19.1 Å². The Morgan fingerprint density at radius 2 is 1.57 bits per heavy atom. The van der Waals surface area contributed by atoms with Crippen molar-refractivity contribution in [2.75, 3.05) is 13.2 Å². The summed E-state index contributed by atoms with van der Waals surface area (Å²) in [5.41, 5.74) is 6.44. The largest absolute Gasteiger partial charge is 0.492 e. The van der Waals surface area contributed by atoms with Crippen LogP contribution in [0.4, 0.5) is 4.79 Å². The van der Waals surface area contributed by atoms with Gasteiger partial charge in [-0.2, -0.15) is 0 Å². The molecule has 2 aliphatic rings. The SMILES string of the molecule is CC1(C)OB(C(=Cc2ccc3ncccc3c2)CNC(=O)OCC2c3ccccc3-c3ccccc32)OC1(C)C. The number of aromatic nitrogens is 1. The van der Waals surface area contributed by atoms with Crippen LogP contribution in [-0.2, 0) is 14.0 Å². The normalized spacial score (nSPS) is 17.5. The Bertz CT molecular complexity index is 1550. The van der Waals surface area contributed by atoms with Crippen LogP contribution >= 0.6 is 0 Å². The number of hydrogen-bond donors (Lipinski definition) is 1. The molecule has 202 valence electrons. The zero-order valence-corrected chi connectivity index (χ0v) is 23.3. The number of amides is 1. The van der Waals surface area contributed by atoms with Crippen LogP contribution in [0, 0.1) is 0 Å². The highest BCUT2D eigenvalue weighted by Gasteiger charge is 2.52. The Hall–Kier alpha value is -3.94. The third-order valence-corrected chi connectivity index (χ3v) is 8.32. The molecule has 0 atom stereocenters. The molecule has 1 saturated heterocycles. The van der Waals surface area contributed by atoms with Crippen molar-refractivity contribution in [1.29, 1.82) is 0 Å². The van der Waals surface area contributed by atoms with E-state index in [4.69, 9.17) is 14.0 Å². The molecule has 0 bridgehead atoms. The summed E-state index contributed by atoms with van der Waals surface area (Å²) in [4.78, 5) is 17.4. The van der Waals surface area contributed by atoms with Gasteiger partial charge in [-0.15, -0.1) is 0 Å². The molecule has 7 heteroatoms. The quantitative estimate of drug-likeness (QED) is 0.277. The van der Waals surface area contributed by atoms with Crippen LogP contribution in [0.15, 0.2) is 90.5 Å². The van der Waals surface area contributed by atoms with Gasteiger partial charge in [0.15, 0.2) is 0 Å². The Morgan fingerprint density at radius 3 is 2.25 bits per heavy atom. The Balaban J connectivity index is 1.19. The van der Waals surface area contributed by atoms with Gasteiger partial charge in [0.25, 0.3) is 0 Å². The maximum absolute atomic E-state index is 13.0. The zero-order chi connectivity index (χ0) is 27.9. The zero-order valence-electron chi connectivity index (χ0n) is 23.3. The highest BCUT2D eigenvalue weighted by molar-refractivity contribution is 6.56. The molecule has 1 aliphatic heterocycles. The van der Waals surface area contributed by atoms with Crippen LogP contribution in [0.2, 0.25) is 0 Å². The average Bonchev–Trinajstić information content (AvgIpc) is 3.38. The van der Waals surface area contributed by atoms with E-state index < -0.39 is 24.4 Å². The van der Waals surface area contributed by atoms with Gasteiger partial charge in [-0.05, 0) is 79.2 Å². The summed E-state index contributed by atoms with van der Waals surface area (Å²) in [5, 5.41) is 3.98. The third kappa shape index (κ3) is 4.91. The number of hydrogen-bond acceptors (Lipinski definition) is 5. The number of nitrogens with one attached hydrogen (secondary N) is 1. The van der Waals surface area contributed by atoms with Crippen molar-refractivity contribution in [3.8, 4) is 11.1 Å². The van der Waals surface area contributed by atoms with Crippen LogP contribution in [0.3, 0.4) is 0 Å². The lowest BCUT2D eigenvalue weighted by Crippen LogP contribution is -2.41. The molecule has 6 rings (SSSR count). The number of carbonyl (C=O) groups is 1. The number of alkyl carbamates (subject to hydrolysis) is 1. The average molecular weight is 532 g/mol. The number of nitrogens with zero attached hydrogens (tertiary/aromatic N) is 1. The van der Waals surface area contributed by atoms with Crippen molar-refractivity contribution >= 4 is 30.2 Å². The molecule has 0 saturated carbocycles. The van der Waals surface area contributed by atoms with Crippen molar-refractivity contribution in [2.45, 2.75) is 44.8 Å². The smallest absolute Gasteiger partial charge is 0.449 e. The van der Waals surface area contributed by atoms with Crippen LogP contribution in [0.5, 0.6) is 0 Å². The van der Waals surface area contributed by atoms with Crippen molar-refractivity contribution in [3.05, 3.63) is 107 Å². The van der Waals surface area contributed by atoms with Crippen LogP contribution in [0.1, 0.15) is 50.3 Å². The second kappa shape index (κ2) is 10.2. The monoisotopic (exact) mass is 532 g/mol. The highest BCUT2D eigenvalue weighted by Crippen LogP contribution is 2.44. The van der Waals surface area contributed by atoms with Gasteiger partial charge in [0, 0.05) is 24.0 Å². The topological polar surface area (TPSA) is 69.7 Å². The minimum Gasteiger partial charge on any atom is -0.449 e. The molecule has 40 heavy (non-hydrogen) atoms. The lowest BCUT2D eigenvalue weighted by Gasteiger charge is -2.32. The van der Waals surface area contributed by atoms with Gasteiger partial charge in [-0.3, -0.25) is 4.98 Å². The van der Waals surface area contributed by atoms with Gasteiger partial charge in [-0.1, -0.05) is 66.7 Å². The molecular weight excluding hydrogens is 499 g/mol. The predicted octanol–water partition coefficient (Wildman–Crippen LogP) is 6.79. The molecular formula is C33H33BN2O4. The molecule has 3 aromatic carbocycles. The molecule has 0 unspecified atom stereocenters. The third-order valence-electron chi connectivity index (χ3n) is 8.32. The summed E-state index contributed by atoms with van der Waals surface area (Å²) >= 11 is 0. The van der Waals surface area contributed by atoms with Gasteiger partial charge < -0.3 is 19.4 Å². The maximum Gasteiger partial charge on any atom is 0.492 e. The fourth-order valence-corrected chi connectivity index (χ4v) is 5.42. The van der Waals surface area contributed by atoms with Crippen LogP contribution < -0.4 is 5.32 Å². The van der Waals surface area contributed by atoms with Gasteiger partial charge >= 0.3 is 13.2 Å². The molecule has 1 amide bonds. The van der Waals surface area contributed by atoms with E-state index >= 15 is 0 Å². The minimum absolute atomic E-state index is 0.00229. The number of fused-ring (bicyclic) bond motifs is 4. The lowest BCUT2D eigenvalue weighted by atomic mass is 9.77. The number of ether oxygens (including phenoxy) is 1. The van der Waals surface area contributed by atoms with E-state index in [9.17, 15) is 4.79 Å². The molecule has 1 aliphatic carbocycles. The Labute approximate surface area is 235 Å². The maximum atomic E-state index is 13.0. The van der Waals surface area contributed by atoms with E-state index in [0.29, 0.717) is 0 Å². The molecule has 2 heterocycles. The van der Waals surface area contributed by atoms with E-state index in [2.05, 4.69) is 40.6 Å². The summed E-state index contributed by atoms with van der Waals surface area (Å²) < 4.78 is 18.5. The van der Waals surface area contributed by atoms with Crippen LogP contribution in [-0.4, -0.2) is 42.5 Å². The fraction of sp³-hybridized carbons (Fsp3) is 0.273. The first kappa shape index (κ1) is 26.3. The molecule has 1 N–H and O–H groups in total. The summed E-state index contributed by atoms with van der Waals surface area (Å²) in [6, 6.07) is 26.6. The number of carbonyl (C=O) groups excluding carboxylic acids is 1. The summed E-state index contributed by atoms with van der Waals surface area (Å²) in [6.07, 6.45) is 3.32. The summed E-state index contributed by atoms with van der Waals surface area (Å²) in [6.45, 7) is 8.55. The minimum atomic E-state index is -0.608. The molecule has 0 radical (unpaired) electrons. The van der Waals surface area contributed by atoms with Crippen molar-refractivity contribution in [3.63, 3.8) is 0 Å². The predicted molar refractivity (Wildman–Crippen MR) is 159 cm³/mol. The standard InChI is InChI=1S/C33H33BN2O4/c1-32(2)33(3,4)40-34(39-32)24(19-22-15-16-30-23(18-22)10-9-17-35-30)20-36-31(37)38-21-29-27-13-7-5-11-25(27)26-12-6-8-14-28(26)29/h5-19,29H,20-21H2,1-4H3,(H,36,37). The Kier molecular flexibility index (Phi) is 6.73. The molecule has 6 nitrogen and oxygen atoms in total. The molecule has 4 aromatic rings. The second-order valence-electron chi connectivity index (χ2n) is 11.4.